The molecule has 0 radical (unpaired) electrons. The van der Waals surface area contributed by atoms with Gasteiger partial charge in [0.2, 0.25) is 5.91 Å². The molecule has 3 N–H and O–H groups in total. The molecule has 0 saturated carbocycles. The number of aliphatic hydroxyl groups is 1. The van der Waals surface area contributed by atoms with Gasteiger partial charge in [0.1, 0.15) is 5.75 Å². The quantitative estimate of drug-likeness (QED) is 0.690. The lowest BCUT2D eigenvalue weighted by Gasteiger charge is -2.27. The Morgan fingerprint density at radius 2 is 1.86 bits per heavy atom. The first-order valence-corrected chi connectivity index (χ1v) is 7.67. The van der Waals surface area contributed by atoms with Gasteiger partial charge in [0.25, 0.3) is 0 Å². The molecule has 0 heterocycles. The number of aromatic hydroxyl groups is 1. The molecule has 0 aliphatic heterocycles. The van der Waals surface area contributed by atoms with E-state index in [4.69, 9.17) is 0 Å². The van der Waals surface area contributed by atoms with E-state index >= 15 is 0 Å². The molecule has 4 heteroatoms. The van der Waals surface area contributed by atoms with Crippen LogP contribution in [0.4, 0.5) is 0 Å². The van der Waals surface area contributed by atoms with Crippen molar-refractivity contribution in [2.45, 2.75) is 58.5 Å². The lowest BCUT2D eigenvalue weighted by Crippen LogP contribution is -2.43. The molecule has 1 aromatic rings. The largest absolute Gasteiger partial charge is 0.508 e. The molecule has 1 amide bonds. The number of rotatable bonds is 8. The minimum atomic E-state index is -0.811. The summed E-state index contributed by atoms with van der Waals surface area (Å²) in [7, 11) is 0. The number of nitrogens with one attached hydrogen (secondary N) is 1. The first kappa shape index (κ1) is 17.5. The zero-order chi connectivity index (χ0) is 15.9. The molecule has 0 fully saturated rings. The summed E-state index contributed by atoms with van der Waals surface area (Å²) in [6, 6.07) is 5.24. The van der Waals surface area contributed by atoms with Crippen LogP contribution in [0.2, 0.25) is 0 Å². The normalized spacial score (nSPS) is 11.4. The second-order valence-corrected chi connectivity index (χ2v) is 5.80. The van der Waals surface area contributed by atoms with Gasteiger partial charge in [-0.3, -0.25) is 4.79 Å². The van der Waals surface area contributed by atoms with E-state index in [1.54, 1.807) is 12.1 Å². The molecule has 0 spiro atoms. The second kappa shape index (κ2) is 8.03. The third kappa shape index (κ3) is 5.76. The predicted molar refractivity (Wildman–Crippen MR) is 84.3 cm³/mol. The monoisotopic (exact) mass is 293 g/mol. The van der Waals surface area contributed by atoms with Gasteiger partial charge >= 0.3 is 0 Å². The number of hydrogen-bond acceptors (Lipinski definition) is 3. The summed E-state index contributed by atoms with van der Waals surface area (Å²) in [6.07, 6.45) is 3.36. The zero-order valence-corrected chi connectivity index (χ0v) is 13.3. The molecule has 0 aromatic heterocycles. The third-order valence-corrected chi connectivity index (χ3v) is 3.68. The van der Waals surface area contributed by atoms with Crippen LogP contribution in [0.1, 0.15) is 50.7 Å². The molecule has 0 unspecified atom stereocenters. The lowest BCUT2D eigenvalue weighted by atomic mass is 9.92. The van der Waals surface area contributed by atoms with E-state index in [0.717, 1.165) is 24.0 Å². The van der Waals surface area contributed by atoms with Crippen molar-refractivity contribution in [1.29, 1.82) is 0 Å². The van der Waals surface area contributed by atoms with Crippen LogP contribution in [-0.4, -0.2) is 28.3 Å². The average Bonchev–Trinajstić information content (AvgIpc) is 2.41. The number of phenols is 1. The Hall–Kier alpha value is -1.55. The predicted octanol–water partition coefficient (Wildman–Crippen LogP) is 2.69. The van der Waals surface area contributed by atoms with Crippen LogP contribution in [0, 0.1) is 6.92 Å². The fourth-order valence-corrected chi connectivity index (χ4v) is 2.51. The first-order valence-electron chi connectivity index (χ1n) is 7.67. The van der Waals surface area contributed by atoms with E-state index in [9.17, 15) is 15.0 Å². The Kier molecular flexibility index (Phi) is 6.69. The van der Waals surface area contributed by atoms with Gasteiger partial charge in [-0.15, -0.1) is 0 Å². The second-order valence-electron chi connectivity index (χ2n) is 5.80. The van der Waals surface area contributed by atoms with E-state index in [0.29, 0.717) is 12.8 Å². The van der Waals surface area contributed by atoms with Crippen molar-refractivity contribution >= 4 is 5.91 Å². The Balaban J connectivity index is 2.54. The van der Waals surface area contributed by atoms with Gasteiger partial charge in [0, 0.05) is 6.54 Å². The van der Waals surface area contributed by atoms with Crippen LogP contribution >= 0.6 is 0 Å². The first-order chi connectivity index (χ1) is 9.90. The highest BCUT2D eigenvalue weighted by Gasteiger charge is 2.25. The number of amides is 1. The number of hydrogen-bond donors (Lipinski definition) is 3. The summed E-state index contributed by atoms with van der Waals surface area (Å²) in [6.45, 7) is 6.15. The fraction of sp³-hybridized carbons (Fsp3) is 0.588. The topological polar surface area (TPSA) is 69.6 Å². The zero-order valence-electron chi connectivity index (χ0n) is 13.3. The average molecular weight is 293 g/mol. The van der Waals surface area contributed by atoms with Gasteiger partial charge in [-0.25, -0.2) is 0 Å². The molecule has 0 aliphatic carbocycles. The standard InChI is InChI=1S/C17H27NO3/c1-4-8-17(21,9-5-2)12-18-16(20)11-14-7-6-13(3)15(19)10-14/h6-7,10,19,21H,4-5,8-9,11-12H2,1-3H3,(H,18,20). The summed E-state index contributed by atoms with van der Waals surface area (Å²) >= 11 is 0. The maximum Gasteiger partial charge on any atom is 0.224 e. The van der Waals surface area contributed by atoms with Crippen LogP contribution in [0.25, 0.3) is 0 Å². The van der Waals surface area contributed by atoms with E-state index < -0.39 is 5.60 Å². The Bertz CT molecular complexity index is 465. The molecule has 0 aliphatic rings. The molecule has 0 saturated heterocycles. The minimum absolute atomic E-state index is 0.135. The van der Waals surface area contributed by atoms with Gasteiger partial charge in [-0.05, 0) is 37.0 Å². The lowest BCUT2D eigenvalue weighted by molar-refractivity contribution is -0.121. The van der Waals surface area contributed by atoms with Gasteiger partial charge in [-0.2, -0.15) is 0 Å². The van der Waals surface area contributed by atoms with Gasteiger partial charge in [0.05, 0.1) is 12.0 Å². The number of carbonyl (C=O) groups excluding carboxylic acids is 1. The van der Waals surface area contributed by atoms with E-state index in [2.05, 4.69) is 5.32 Å². The van der Waals surface area contributed by atoms with Crippen molar-refractivity contribution in [2.24, 2.45) is 0 Å². The summed E-state index contributed by atoms with van der Waals surface area (Å²) in [5.74, 6) is 0.0673. The number of carbonyl (C=O) groups is 1. The minimum Gasteiger partial charge on any atom is -0.508 e. The Morgan fingerprint density at radius 3 is 2.38 bits per heavy atom. The maximum absolute atomic E-state index is 12.0. The third-order valence-electron chi connectivity index (χ3n) is 3.68. The molecule has 4 nitrogen and oxygen atoms in total. The van der Waals surface area contributed by atoms with Crippen molar-refractivity contribution < 1.29 is 15.0 Å². The van der Waals surface area contributed by atoms with Crippen LogP contribution < -0.4 is 5.32 Å². The molecular weight excluding hydrogens is 266 g/mol. The summed E-state index contributed by atoms with van der Waals surface area (Å²) in [4.78, 5) is 12.0. The Morgan fingerprint density at radius 1 is 1.24 bits per heavy atom. The van der Waals surface area contributed by atoms with Gasteiger partial charge in [0.15, 0.2) is 0 Å². The molecule has 118 valence electrons. The van der Waals surface area contributed by atoms with Crippen molar-refractivity contribution in [3.05, 3.63) is 29.3 Å². The highest BCUT2D eigenvalue weighted by molar-refractivity contribution is 5.78. The van der Waals surface area contributed by atoms with Crippen LogP contribution in [0.5, 0.6) is 5.75 Å². The number of benzene rings is 1. The van der Waals surface area contributed by atoms with Crippen molar-refractivity contribution in [2.75, 3.05) is 6.54 Å². The van der Waals surface area contributed by atoms with Gasteiger partial charge in [-0.1, -0.05) is 38.8 Å². The SMILES string of the molecule is CCCC(O)(CCC)CNC(=O)Cc1ccc(C)c(O)c1. The highest BCUT2D eigenvalue weighted by Crippen LogP contribution is 2.19. The van der Waals surface area contributed by atoms with E-state index in [-0.39, 0.29) is 24.6 Å². The molecule has 0 atom stereocenters. The van der Waals surface area contributed by atoms with Crippen LogP contribution in [0.3, 0.4) is 0 Å². The molecule has 1 rings (SSSR count). The summed E-state index contributed by atoms with van der Waals surface area (Å²) in [5.41, 5.74) is 0.749. The number of phenolic OH excluding ortho intramolecular Hbond substituents is 1. The molecule has 0 bridgehead atoms. The van der Waals surface area contributed by atoms with Crippen molar-refractivity contribution in [3.63, 3.8) is 0 Å². The van der Waals surface area contributed by atoms with Crippen molar-refractivity contribution in [3.8, 4) is 5.75 Å². The summed E-state index contributed by atoms with van der Waals surface area (Å²) < 4.78 is 0. The maximum atomic E-state index is 12.0. The molecule has 21 heavy (non-hydrogen) atoms. The van der Waals surface area contributed by atoms with Crippen LogP contribution in [-0.2, 0) is 11.2 Å². The van der Waals surface area contributed by atoms with Crippen LogP contribution in [0.15, 0.2) is 18.2 Å². The van der Waals surface area contributed by atoms with Gasteiger partial charge < -0.3 is 15.5 Å². The summed E-state index contributed by atoms with van der Waals surface area (Å²) in [5, 5.41) is 22.9. The Labute approximate surface area is 127 Å². The number of aryl methyl sites for hydroxylation is 1. The van der Waals surface area contributed by atoms with Crippen molar-refractivity contribution in [1.82, 2.24) is 5.32 Å². The highest BCUT2D eigenvalue weighted by atomic mass is 16.3. The molecule has 1 aromatic carbocycles. The van der Waals surface area contributed by atoms with E-state index in [1.807, 2.05) is 26.8 Å². The fourth-order valence-electron chi connectivity index (χ4n) is 2.51. The smallest absolute Gasteiger partial charge is 0.224 e. The van der Waals surface area contributed by atoms with E-state index in [1.165, 1.54) is 0 Å². The molecular formula is C17H27NO3.